The number of hydrogen-bond donors (Lipinski definition) is 2. The van der Waals surface area contributed by atoms with Crippen molar-refractivity contribution < 1.29 is 9.90 Å². The van der Waals surface area contributed by atoms with Gasteiger partial charge in [0.15, 0.2) is 0 Å². The van der Waals surface area contributed by atoms with Crippen molar-refractivity contribution in [3.63, 3.8) is 0 Å². The highest BCUT2D eigenvalue weighted by molar-refractivity contribution is 5.75. The third kappa shape index (κ3) is 3.61. The topological polar surface area (TPSA) is 52.6 Å². The van der Waals surface area contributed by atoms with Crippen LogP contribution in [0.15, 0.2) is 30.3 Å². The molecule has 2 fully saturated rings. The average molecular weight is 302 g/mol. The van der Waals surface area contributed by atoms with Gasteiger partial charge < -0.3 is 15.3 Å². The van der Waals surface area contributed by atoms with Gasteiger partial charge in [0, 0.05) is 19.1 Å². The maximum absolute atomic E-state index is 12.4. The third-order valence-electron chi connectivity index (χ3n) is 5.04. The highest BCUT2D eigenvalue weighted by Gasteiger charge is 2.38. The quantitative estimate of drug-likeness (QED) is 0.813. The summed E-state index contributed by atoms with van der Waals surface area (Å²) in [4.78, 5) is 14.2. The Morgan fingerprint density at radius 2 is 2.00 bits per heavy atom. The van der Waals surface area contributed by atoms with Crippen LogP contribution in [-0.4, -0.2) is 41.8 Å². The van der Waals surface area contributed by atoms with Gasteiger partial charge in [-0.25, -0.2) is 4.79 Å². The minimum Gasteiger partial charge on any atom is -0.395 e. The van der Waals surface area contributed by atoms with Crippen molar-refractivity contribution in [3.05, 3.63) is 35.9 Å². The molecule has 3 rings (SSSR count). The minimum absolute atomic E-state index is 0.00381. The van der Waals surface area contributed by atoms with E-state index in [9.17, 15) is 4.79 Å². The van der Waals surface area contributed by atoms with E-state index in [2.05, 4.69) is 29.6 Å². The number of amides is 2. The number of nitrogens with one attached hydrogen (secondary N) is 1. The molecule has 120 valence electrons. The predicted molar refractivity (Wildman–Crippen MR) is 86.6 cm³/mol. The minimum atomic E-state index is -0.00381. The van der Waals surface area contributed by atoms with Gasteiger partial charge in [0.1, 0.15) is 0 Å². The number of benzene rings is 1. The lowest BCUT2D eigenvalue weighted by atomic mass is 9.65. The van der Waals surface area contributed by atoms with Gasteiger partial charge in [-0.15, -0.1) is 0 Å². The summed E-state index contributed by atoms with van der Waals surface area (Å²) in [7, 11) is 0. The van der Waals surface area contributed by atoms with Gasteiger partial charge in [-0.05, 0) is 43.1 Å². The lowest BCUT2D eigenvalue weighted by molar-refractivity contribution is 0.122. The number of carbonyl (C=O) groups excluding carboxylic acids is 1. The van der Waals surface area contributed by atoms with E-state index < -0.39 is 0 Å². The number of nitrogens with zero attached hydrogens (tertiary/aromatic N) is 1. The first-order chi connectivity index (χ1) is 10.7. The van der Waals surface area contributed by atoms with Crippen LogP contribution in [0.25, 0.3) is 0 Å². The first-order valence-electron chi connectivity index (χ1n) is 8.42. The van der Waals surface area contributed by atoms with Crippen LogP contribution < -0.4 is 5.32 Å². The zero-order valence-electron chi connectivity index (χ0n) is 13.1. The van der Waals surface area contributed by atoms with Crippen molar-refractivity contribution in [1.29, 1.82) is 0 Å². The summed E-state index contributed by atoms with van der Waals surface area (Å²) >= 11 is 0. The van der Waals surface area contributed by atoms with E-state index in [-0.39, 0.29) is 18.1 Å². The molecule has 4 nitrogen and oxygen atoms in total. The summed E-state index contributed by atoms with van der Waals surface area (Å²) in [5, 5.41) is 12.2. The van der Waals surface area contributed by atoms with Crippen LogP contribution in [0.4, 0.5) is 4.79 Å². The van der Waals surface area contributed by atoms with E-state index in [4.69, 9.17) is 5.11 Å². The highest BCUT2D eigenvalue weighted by Crippen LogP contribution is 2.43. The molecule has 2 aliphatic carbocycles. The van der Waals surface area contributed by atoms with E-state index >= 15 is 0 Å². The molecule has 0 aliphatic heterocycles. The molecule has 0 saturated heterocycles. The Morgan fingerprint density at radius 1 is 1.27 bits per heavy atom. The van der Waals surface area contributed by atoms with Crippen molar-refractivity contribution in [3.8, 4) is 0 Å². The maximum atomic E-state index is 12.4. The molecular formula is C18H26N2O2. The molecule has 2 N–H and O–H groups in total. The molecule has 0 bridgehead atoms. The monoisotopic (exact) mass is 302 g/mol. The zero-order chi connectivity index (χ0) is 15.4. The summed E-state index contributed by atoms with van der Waals surface area (Å²) < 4.78 is 0. The fraction of sp³-hybridized carbons (Fsp3) is 0.611. The van der Waals surface area contributed by atoms with Crippen LogP contribution >= 0.6 is 0 Å². The largest absolute Gasteiger partial charge is 0.395 e. The van der Waals surface area contributed by atoms with Crippen molar-refractivity contribution >= 4 is 6.03 Å². The molecule has 0 atom stereocenters. The highest BCUT2D eigenvalue weighted by atomic mass is 16.3. The van der Waals surface area contributed by atoms with E-state index in [1.807, 2.05) is 6.07 Å². The molecule has 4 heteroatoms. The predicted octanol–water partition coefficient (Wildman–Crippen LogP) is 2.57. The van der Waals surface area contributed by atoms with E-state index in [1.54, 1.807) is 4.90 Å². The van der Waals surface area contributed by atoms with Crippen LogP contribution in [0.5, 0.6) is 0 Å². The Bertz CT molecular complexity index is 495. The average Bonchev–Trinajstić information content (AvgIpc) is 3.32. The maximum Gasteiger partial charge on any atom is 0.317 e. The lowest BCUT2D eigenvalue weighted by Crippen LogP contribution is -2.49. The molecule has 2 aliphatic rings. The van der Waals surface area contributed by atoms with Crippen LogP contribution in [0.2, 0.25) is 0 Å². The third-order valence-corrected chi connectivity index (χ3v) is 5.04. The summed E-state index contributed by atoms with van der Waals surface area (Å²) in [6.45, 7) is 1.23. The van der Waals surface area contributed by atoms with E-state index in [1.165, 1.54) is 24.8 Å². The molecular weight excluding hydrogens is 276 g/mol. The summed E-state index contributed by atoms with van der Waals surface area (Å²) in [5.41, 5.74) is 1.58. The molecule has 22 heavy (non-hydrogen) atoms. The molecule has 0 heterocycles. The fourth-order valence-corrected chi connectivity index (χ4v) is 3.43. The van der Waals surface area contributed by atoms with Crippen LogP contribution in [0.1, 0.15) is 37.7 Å². The molecule has 2 saturated carbocycles. The number of hydrogen-bond acceptors (Lipinski definition) is 2. The Labute approximate surface area is 132 Å². The van der Waals surface area contributed by atoms with Crippen molar-refractivity contribution in [1.82, 2.24) is 10.2 Å². The van der Waals surface area contributed by atoms with Crippen molar-refractivity contribution in [2.45, 2.75) is 44.6 Å². The molecule has 0 spiro atoms. The molecule has 0 unspecified atom stereocenters. The second-order valence-corrected chi connectivity index (χ2v) is 6.82. The first kappa shape index (κ1) is 15.3. The molecule has 1 aromatic rings. The summed E-state index contributed by atoms with van der Waals surface area (Å²) in [6.07, 6.45) is 6.81. The number of urea groups is 1. The number of carbonyl (C=O) groups is 1. The van der Waals surface area contributed by atoms with Crippen LogP contribution in [0.3, 0.4) is 0 Å². The van der Waals surface area contributed by atoms with Crippen molar-refractivity contribution in [2.24, 2.45) is 5.41 Å². The Balaban J connectivity index is 1.55. The van der Waals surface area contributed by atoms with Gasteiger partial charge in [0.2, 0.25) is 0 Å². The van der Waals surface area contributed by atoms with Gasteiger partial charge in [-0.1, -0.05) is 36.8 Å². The van der Waals surface area contributed by atoms with Gasteiger partial charge in [0.25, 0.3) is 0 Å². The second-order valence-electron chi connectivity index (χ2n) is 6.82. The standard InChI is InChI=1S/C18H26N2O2/c21-12-11-20(16-7-8-16)17(22)19-14-18(9-4-10-18)13-15-5-2-1-3-6-15/h1-3,5-6,16,21H,4,7-14H2,(H,19,22). The SMILES string of the molecule is O=C(NCC1(Cc2ccccc2)CCC1)N(CCO)C1CC1. The van der Waals surface area contributed by atoms with Crippen molar-refractivity contribution in [2.75, 3.05) is 19.7 Å². The lowest BCUT2D eigenvalue weighted by Gasteiger charge is -2.42. The fourth-order valence-electron chi connectivity index (χ4n) is 3.43. The van der Waals surface area contributed by atoms with Gasteiger partial charge in [-0.2, -0.15) is 0 Å². The molecule has 2 amide bonds. The van der Waals surface area contributed by atoms with Crippen LogP contribution in [0, 0.1) is 5.41 Å². The zero-order valence-corrected chi connectivity index (χ0v) is 13.1. The van der Waals surface area contributed by atoms with E-state index in [0.29, 0.717) is 12.6 Å². The smallest absolute Gasteiger partial charge is 0.317 e. The summed E-state index contributed by atoms with van der Waals surface area (Å²) in [6, 6.07) is 10.9. The Hall–Kier alpha value is -1.55. The van der Waals surface area contributed by atoms with E-state index in [0.717, 1.165) is 25.8 Å². The first-order valence-corrected chi connectivity index (χ1v) is 8.42. The number of rotatable bonds is 7. The number of aliphatic hydroxyl groups excluding tert-OH is 1. The van der Waals surface area contributed by atoms with Gasteiger partial charge in [0.05, 0.1) is 6.61 Å². The Kier molecular flexibility index (Phi) is 4.67. The van der Waals surface area contributed by atoms with Gasteiger partial charge in [-0.3, -0.25) is 0 Å². The molecule has 0 radical (unpaired) electrons. The Morgan fingerprint density at radius 3 is 2.55 bits per heavy atom. The number of aliphatic hydroxyl groups is 1. The second kappa shape index (κ2) is 6.69. The molecule has 0 aromatic heterocycles. The van der Waals surface area contributed by atoms with Gasteiger partial charge >= 0.3 is 6.03 Å². The molecule has 1 aromatic carbocycles. The normalized spacial score (nSPS) is 19.3. The van der Waals surface area contributed by atoms with Crippen LogP contribution in [-0.2, 0) is 6.42 Å². The summed E-state index contributed by atoms with van der Waals surface area (Å²) in [5.74, 6) is 0.